The fraction of sp³-hybridized carbons (Fsp3) is 0.400. The Balaban J connectivity index is 1.43. The van der Waals surface area contributed by atoms with Crippen LogP contribution >= 0.6 is 30.2 Å². The van der Waals surface area contributed by atoms with Crippen LogP contribution in [-0.4, -0.2) is 11.5 Å². The van der Waals surface area contributed by atoms with Crippen molar-refractivity contribution in [3.63, 3.8) is 0 Å². The first-order chi connectivity index (χ1) is 11.2. The fourth-order valence-corrected chi connectivity index (χ4v) is 3.94. The van der Waals surface area contributed by atoms with E-state index >= 15 is 0 Å². The van der Waals surface area contributed by atoms with Crippen LogP contribution in [0.2, 0.25) is 0 Å². The van der Waals surface area contributed by atoms with Gasteiger partial charge >= 0.3 is 0 Å². The molecule has 23 heavy (non-hydrogen) atoms. The number of aryl methyl sites for hydroxylation is 2. The molecule has 0 bridgehead atoms. The summed E-state index contributed by atoms with van der Waals surface area (Å²) in [6.07, 6.45) is 7.73. The van der Waals surface area contributed by atoms with Crippen molar-refractivity contribution < 1.29 is 0 Å². The van der Waals surface area contributed by atoms with E-state index in [0.717, 1.165) is 0 Å². The van der Waals surface area contributed by atoms with Crippen LogP contribution in [0.1, 0.15) is 36.8 Å². The van der Waals surface area contributed by atoms with Gasteiger partial charge in [-0.3, -0.25) is 0 Å². The van der Waals surface area contributed by atoms with Crippen molar-refractivity contribution in [1.82, 2.24) is 0 Å². The summed E-state index contributed by atoms with van der Waals surface area (Å²) in [7, 11) is 5.49. The normalized spacial score (nSPS) is 10.9. The molecule has 0 heterocycles. The van der Waals surface area contributed by atoms with Gasteiger partial charge in [0.05, 0.1) is 0 Å². The third-order valence-electron chi connectivity index (χ3n) is 3.97. The van der Waals surface area contributed by atoms with E-state index in [1.165, 1.54) is 71.8 Å². The Morgan fingerprint density at radius 2 is 0.957 bits per heavy atom. The summed E-state index contributed by atoms with van der Waals surface area (Å²) in [5.41, 5.74) is 2.94. The minimum Gasteiger partial charge on any atom is -0.162 e. The molecule has 2 rings (SSSR count). The number of hydrogen-bond donors (Lipinski definition) is 0. The first-order valence-electron chi connectivity index (χ1n) is 8.50. The lowest BCUT2D eigenvalue weighted by molar-refractivity contribution is 0.791. The largest absolute Gasteiger partial charge is 0.162 e. The quantitative estimate of drug-likeness (QED) is 0.433. The molecule has 0 radical (unpaired) electrons. The van der Waals surface area contributed by atoms with Gasteiger partial charge in [0.1, 0.15) is 0 Å². The maximum atomic E-state index is 2.74. The van der Waals surface area contributed by atoms with Crippen LogP contribution in [0.3, 0.4) is 0 Å². The Labute approximate surface area is 150 Å². The average molecular weight is 362 g/mol. The van der Waals surface area contributed by atoms with E-state index in [-0.39, 0.29) is 0 Å². The summed E-state index contributed by atoms with van der Waals surface area (Å²) >= 11 is 2.12. The second-order valence-corrected chi connectivity index (χ2v) is 8.57. The van der Waals surface area contributed by atoms with Crippen molar-refractivity contribution in [3.8, 4) is 0 Å². The minimum absolute atomic E-state index is 1.22. The van der Waals surface area contributed by atoms with E-state index in [1.54, 1.807) is 0 Å². The molecule has 0 fully saturated rings. The van der Waals surface area contributed by atoms with Crippen molar-refractivity contribution in [1.29, 1.82) is 0 Å². The molecule has 0 aliphatic heterocycles. The Bertz CT molecular complexity index is 497. The summed E-state index contributed by atoms with van der Waals surface area (Å²) in [6, 6.07) is 17.7. The molecule has 2 aromatic rings. The van der Waals surface area contributed by atoms with Gasteiger partial charge < -0.3 is 0 Å². The van der Waals surface area contributed by atoms with E-state index in [1.807, 2.05) is 0 Å². The number of hydrogen-bond acceptors (Lipinski definition) is 1. The van der Waals surface area contributed by atoms with Crippen molar-refractivity contribution in [3.05, 3.63) is 59.7 Å². The topological polar surface area (TPSA) is 0 Å². The highest BCUT2D eigenvalue weighted by molar-refractivity contribution is 7.99. The summed E-state index contributed by atoms with van der Waals surface area (Å²) < 4.78 is 0. The van der Waals surface area contributed by atoms with Gasteiger partial charge in [-0.05, 0) is 71.8 Å². The molecule has 2 aromatic carbocycles. The van der Waals surface area contributed by atoms with Gasteiger partial charge in [-0.2, -0.15) is 11.8 Å². The lowest BCUT2D eigenvalue weighted by atomic mass is 10.1. The second kappa shape index (κ2) is 11.2. The Morgan fingerprint density at radius 3 is 1.35 bits per heavy atom. The van der Waals surface area contributed by atoms with Crippen LogP contribution in [0, 0.1) is 0 Å². The van der Waals surface area contributed by atoms with Crippen LogP contribution in [0.5, 0.6) is 0 Å². The highest BCUT2D eigenvalue weighted by Gasteiger charge is 1.96. The van der Waals surface area contributed by atoms with Gasteiger partial charge in [0.25, 0.3) is 0 Å². The van der Waals surface area contributed by atoms with Crippen LogP contribution in [0.4, 0.5) is 0 Å². The van der Waals surface area contributed by atoms with Crippen molar-refractivity contribution >= 4 is 40.9 Å². The number of unbranched alkanes of at least 4 members (excludes halogenated alkanes) is 2. The first-order valence-corrected chi connectivity index (χ1v) is 10.8. The van der Waals surface area contributed by atoms with E-state index in [0.29, 0.717) is 0 Å². The lowest BCUT2D eigenvalue weighted by Crippen LogP contribution is -1.93. The zero-order chi connectivity index (χ0) is 16.3. The van der Waals surface area contributed by atoms with Crippen molar-refractivity contribution in [2.24, 2.45) is 0 Å². The molecule has 0 aliphatic rings. The second-order valence-electron chi connectivity index (χ2n) is 6.01. The highest BCUT2D eigenvalue weighted by atomic mass is 32.2. The molecule has 0 N–H and O–H groups in total. The fourth-order valence-electron chi connectivity index (χ4n) is 2.54. The highest BCUT2D eigenvalue weighted by Crippen LogP contribution is 2.12. The van der Waals surface area contributed by atoms with Gasteiger partial charge in [0.2, 0.25) is 0 Å². The van der Waals surface area contributed by atoms with Gasteiger partial charge in [-0.25, -0.2) is 0 Å². The average Bonchev–Trinajstić information content (AvgIpc) is 2.56. The van der Waals surface area contributed by atoms with Gasteiger partial charge in [0.15, 0.2) is 0 Å². The van der Waals surface area contributed by atoms with Gasteiger partial charge in [-0.1, -0.05) is 48.5 Å². The van der Waals surface area contributed by atoms with E-state index in [4.69, 9.17) is 0 Å². The zero-order valence-corrected chi connectivity index (χ0v) is 17.0. The molecule has 124 valence electrons. The third kappa shape index (κ3) is 8.35. The SMILES string of the molecule is Pc1ccc(CCCCSCCCCc2ccc(P)cc2)cc1. The molecule has 0 spiro atoms. The molecule has 2 unspecified atom stereocenters. The Hall–Kier alpha value is -0.350. The monoisotopic (exact) mass is 362 g/mol. The molecule has 0 aliphatic carbocycles. The van der Waals surface area contributed by atoms with E-state index < -0.39 is 0 Å². The number of rotatable bonds is 10. The molecule has 0 aromatic heterocycles. The predicted molar refractivity (Wildman–Crippen MR) is 115 cm³/mol. The molecule has 3 heteroatoms. The number of benzene rings is 2. The summed E-state index contributed by atoms with van der Waals surface area (Å²) in [5, 5.41) is 2.54. The van der Waals surface area contributed by atoms with Crippen molar-refractivity contribution in [2.75, 3.05) is 11.5 Å². The standard InChI is InChI=1S/C20H28P2S/c21-19-11-7-17(8-12-19)5-1-3-15-23-16-4-2-6-18-9-13-20(22)14-10-18/h7-14H,1-6,15-16,21-22H2. The van der Waals surface area contributed by atoms with Crippen LogP contribution in [0.25, 0.3) is 0 Å². The van der Waals surface area contributed by atoms with Gasteiger partial charge in [-0.15, -0.1) is 18.5 Å². The smallest absolute Gasteiger partial charge is 0.00674 e. The minimum atomic E-state index is 1.22. The lowest BCUT2D eigenvalue weighted by Gasteiger charge is -2.04. The van der Waals surface area contributed by atoms with Crippen LogP contribution < -0.4 is 10.6 Å². The zero-order valence-electron chi connectivity index (χ0n) is 13.8. The van der Waals surface area contributed by atoms with Gasteiger partial charge in [0, 0.05) is 0 Å². The summed E-state index contributed by atoms with van der Waals surface area (Å²) in [5.74, 6) is 2.62. The first kappa shape index (κ1) is 19.0. The molecular formula is C20H28P2S. The molecular weight excluding hydrogens is 334 g/mol. The third-order valence-corrected chi connectivity index (χ3v) is 5.89. The van der Waals surface area contributed by atoms with E-state index in [9.17, 15) is 0 Å². The molecule has 0 amide bonds. The Kier molecular flexibility index (Phi) is 9.28. The molecule has 0 saturated heterocycles. The number of thioether (sulfide) groups is 1. The maximum absolute atomic E-state index is 2.74. The summed E-state index contributed by atoms with van der Waals surface area (Å²) in [6.45, 7) is 0. The van der Waals surface area contributed by atoms with E-state index in [2.05, 4.69) is 78.8 Å². The van der Waals surface area contributed by atoms with Crippen LogP contribution in [-0.2, 0) is 12.8 Å². The molecule has 2 atom stereocenters. The molecule has 0 nitrogen and oxygen atoms in total. The Morgan fingerprint density at radius 1 is 0.565 bits per heavy atom. The molecule has 0 saturated carbocycles. The predicted octanol–water partition coefficient (Wildman–Crippen LogP) is 4.77. The maximum Gasteiger partial charge on any atom is -0.00674 e. The van der Waals surface area contributed by atoms with Crippen molar-refractivity contribution in [2.45, 2.75) is 38.5 Å². The summed E-state index contributed by atoms with van der Waals surface area (Å²) in [4.78, 5) is 0. The van der Waals surface area contributed by atoms with Crippen LogP contribution in [0.15, 0.2) is 48.5 Å².